The number of halogens is 1. The predicted molar refractivity (Wildman–Crippen MR) is 55.1 cm³/mol. The molecule has 0 aromatic heterocycles. The lowest BCUT2D eigenvalue weighted by Gasteiger charge is -1.98. The Morgan fingerprint density at radius 1 is 1.47 bits per heavy atom. The normalized spacial score (nSPS) is 10.5. The number of nitrogens with zero attached hydrogens (tertiary/aromatic N) is 2. The van der Waals surface area contributed by atoms with Crippen molar-refractivity contribution in [2.45, 2.75) is 6.61 Å². The molecule has 4 nitrogen and oxygen atoms in total. The van der Waals surface area contributed by atoms with Crippen LogP contribution < -0.4 is 0 Å². The van der Waals surface area contributed by atoms with E-state index in [-0.39, 0.29) is 6.61 Å². The molecule has 0 bridgehead atoms. The quantitative estimate of drug-likeness (QED) is 0.444. The van der Waals surface area contributed by atoms with Gasteiger partial charge in [0.2, 0.25) is 5.71 Å². The fourth-order valence-corrected chi connectivity index (χ4v) is 0.923. The molecule has 0 amide bonds. The highest BCUT2D eigenvalue weighted by molar-refractivity contribution is 6.84. The number of rotatable bonds is 4. The summed E-state index contributed by atoms with van der Waals surface area (Å²) in [5.41, 5.74) is 0.438. The molecule has 0 radical (unpaired) electrons. The Morgan fingerprint density at radius 3 is 2.67 bits per heavy atom. The van der Waals surface area contributed by atoms with Crippen LogP contribution in [0.1, 0.15) is 5.56 Å². The van der Waals surface area contributed by atoms with Crippen molar-refractivity contribution in [1.82, 2.24) is 0 Å². The predicted octanol–water partition coefficient (Wildman–Crippen LogP) is 1.85. The topological polar surface area (TPSA) is 62.4 Å². The van der Waals surface area contributed by atoms with E-state index in [1.165, 1.54) is 6.07 Å². The number of hydrogen-bond donors (Lipinski definition) is 0. The molecule has 76 valence electrons. The van der Waals surface area contributed by atoms with E-state index in [1.54, 1.807) is 0 Å². The number of carbonyl (C=O) groups is 1. The molecule has 15 heavy (non-hydrogen) atoms. The lowest BCUT2D eigenvalue weighted by atomic mass is 10.2. The van der Waals surface area contributed by atoms with Gasteiger partial charge in [-0.3, -0.25) is 4.79 Å². The Labute approximate surface area is 91.7 Å². The molecule has 0 unspecified atom stereocenters. The molecule has 1 rings (SSSR count). The summed E-state index contributed by atoms with van der Waals surface area (Å²) in [7, 11) is 0. The first-order valence-electron chi connectivity index (χ1n) is 4.08. The summed E-state index contributed by atoms with van der Waals surface area (Å²) in [6, 6.07) is 10.8. The summed E-state index contributed by atoms with van der Waals surface area (Å²) in [4.78, 5) is 15.3. The van der Waals surface area contributed by atoms with Crippen molar-refractivity contribution < 1.29 is 9.63 Å². The zero-order valence-electron chi connectivity index (χ0n) is 7.68. The van der Waals surface area contributed by atoms with Crippen LogP contribution in [0.3, 0.4) is 0 Å². The van der Waals surface area contributed by atoms with Crippen molar-refractivity contribution in [2.75, 3.05) is 0 Å². The van der Waals surface area contributed by atoms with E-state index in [0.29, 0.717) is 0 Å². The Morgan fingerprint density at radius 2 is 2.13 bits per heavy atom. The van der Waals surface area contributed by atoms with Crippen molar-refractivity contribution >= 4 is 22.6 Å². The number of oxime groups is 1. The van der Waals surface area contributed by atoms with Crippen molar-refractivity contribution in [1.29, 1.82) is 5.26 Å². The molecule has 0 aliphatic heterocycles. The van der Waals surface area contributed by atoms with Gasteiger partial charge in [0, 0.05) is 0 Å². The minimum atomic E-state index is -0.925. The SMILES string of the molecule is N#CC(=NOCc1ccccc1)C(=O)Cl. The number of hydrogen-bond acceptors (Lipinski definition) is 4. The molecule has 0 aliphatic rings. The van der Waals surface area contributed by atoms with Crippen LogP contribution in [0, 0.1) is 11.3 Å². The van der Waals surface area contributed by atoms with Gasteiger partial charge in [0.15, 0.2) is 0 Å². The molecule has 0 saturated heterocycles. The number of benzene rings is 1. The van der Waals surface area contributed by atoms with Gasteiger partial charge in [-0.15, -0.1) is 0 Å². The highest BCUT2D eigenvalue weighted by atomic mass is 35.5. The van der Waals surface area contributed by atoms with E-state index in [9.17, 15) is 4.79 Å². The summed E-state index contributed by atoms with van der Waals surface area (Å²) in [5.74, 6) is 0. The average molecular weight is 223 g/mol. The lowest BCUT2D eigenvalue weighted by Crippen LogP contribution is -2.04. The monoisotopic (exact) mass is 222 g/mol. The van der Waals surface area contributed by atoms with E-state index < -0.39 is 11.0 Å². The molecule has 0 heterocycles. The van der Waals surface area contributed by atoms with Crippen LogP contribution >= 0.6 is 11.6 Å². The van der Waals surface area contributed by atoms with Gasteiger partial charge in [0.05, 0.1) is 0 Å². The van der Waals surface area contributed by atoms with Crippen LogP contribution in [-0.2, 0) is 16.2 Å². The van der Waals surface area contributed by atoms with Gasteiger partial charge in [-0.25, -0.2) is 0 Å². The summed E-state index contributed by atoms with van der Waals surface area (Å²) >= 11 is 5.05. The van der Waals surface area contributed by atoms with Gasteiger partial charge in [0.25, 0.3) is 5.24 Å². The first-order valence-corrected chi connectivity index (χ1v) is 4.45. The van der Waals surface area contributed by atoms with Crippen LogP contribution in [0.4, 0.5) is 0 Å². The molecule has 1 aromatic rings. The number of carbonyl (C=O) groups excluding carboxylic acids is 1. The Hall–Kier alpha value is -1.86. The fraction of sp³-hybridized carbons (Fsp3) is 0.100. The minimum Gasteiger partial charge on any atom is -0.390 e. The fourth-order valence-electron chi connectivity index (χ4n) is 0.846. The summed E-state index contributed by atoms with van der Waals surface area (Å²) in [5, 5.41) is 10.8. The standard InChI is InChI=1S/C10H7ClN2O2/c11-10(14)9(6-12)13-15-7-8-4-2-1-3-5-8/h1-5H,7H2. The van der Waals surface area contributed by atoms with E-state index in [1.807, 2.05) is 30.3 Å². The van der Waals surface area contributed by atoms with Gasteiger partial charge in [-0.2, -0.15) is 5.26 Å². The van der Waals surface area contributed by atoms with Crippen molar-refractivity contribution in [3.8, 4) is 6.07 Å². The maximum atomic E-state index is 10.5. The first kappa shape index (κ1) is 11.2. The van der Waals surface area contributed by atoms with Crippen molar-refractivity contribution in [3.05, 3.63) is 35.9 Å². The van der Waals surface area contributed by atoms with Gasteiger partial charge in [-0.05, 0) is 17.2 Å². The second-order valence-electron chi connectivity index (χ2n) is 2.58. The molecule has 0 spiro atoms. The maximum absolute atomic E-state index is 10.5. The van der Waals surface area contributed by atoms with Crippen LogP contribution in [0.5, 0.6) is 0 Å². The molecule has 0 N–H and O–H groups in total. The molecule has 0 atom stereocenters. The zero-order chi connectivity index (χ0) is 11.1. The van der Waals surface area contributed by atoms with Gasteiger partial charge >= 0.3 is 0 Å². The highest BCUT2D eigenvalue weighted by Crippen LogP contribution is 2.01. The van der Waals surface area contributed by atoms with Gasteiger partial charge in [0.1, 0.15) is 12.7 Å². The summed E-state index contributed by atoms with van der Waals surface area (Å²) in [6.45, 7) is 0.191. The summed E-state index contributed by atoms with van der Waals surface area (Å²) in [6.07, 6.45) is 0. The molecule has 1 aromatic carbocycles. The largest absolute Gasteiger partial charge is 0.390 e. The van der Waals surface area contributed by atoms with Crippen molar-refractivity contribution in [2.24, 2.45) is 5.16 Å². The average Bonchev–Trinajstić information content (AvgIpc) is 2.25. The first-order chi connectivity index (χ1) is 7.24. The van der Waals surface area contributed by atoms with Crippen LogP contribution in [0.15, 0.2) is 35.5 Å². The lowest BCUT2D eigenvalue weighted by molar-refractivity contribution is -0.106. The molecule has 0 saturated carbocycles. The Bertz CT molecular complexity index is 409. The zero-order valence-corrected chi connectivity index (χ0v) is 8.44. The number of nitriles is 1. The smallest absolute Gasteiger partial charge is 0.285 e. The second-order valence-corrected chi connectivity index (χ2v) is 2.93. The Kier molecular flexibility index (Phi) is 4.32. The van der Waals surface area contributed by atoms with E-state index in [0.717, 1.165) is 5.56 Å². The highest BCUT2D eigenvalue weighted by Gasteiger charge is 2.06. The molecular formula is C10H7ClN2O2. The molecular weight excluding hydrogens is 216 g/mol. The van der Waals surface area contributed by atoms with Gasteiger partial charge in [-0.1, -0.05) is 35.5 Å². The Balaban J connectivity index is 2.52. The van der Waals surface area contributed by atoms with E-state index >= 15 is 0 Å². The second kappa shape index (κ2) is 5.78. The molecule has 5 heteroatoms. The van der Waals surface area contributed by atoms with Gasteiger partial charge < -0.3 is 4.84 Å². The third kappa shape index (κ3) is 3.79. The van der Waals surface area contributed by atoms with Crippen LogP contribution in [0.2, 0.25) is 0 Å². The summed E-state index contributed by atoms with van der Waals surface area (Å²) < 4.78 is 0. The minimum absolute atomic E-state index is 0.191. The molecule has 0 aliphatic carbocycles. The van der Waals surface area contributed by atoms with E-state index in [4.69, 9.17) is 21.7 Å². The van der Waals surface area contributed by atoms with Crippen LogP contribution in [0.25, 0.3) is 0 Å². The third-order valence-electron chi connectivity index (χ3n) is 1.52. The maximum Gasteiger partial charge on any atom is 0.285 e. The molecule has 0 fully saturated rings. The van der Waals surface area contributed by atoms with E-state index in [2.05, 4.69) is 5.16 Å². The van der Waals surface area contributed by atoms with Crippen molar-refractivity contribution in [3.63, 3.8) is 0 Å². The van der Waals surface area contributed by atoms with Crippen LogP contribution in [-0.4, -0.2) is 11.0 Å². The third-order valence-corrected chi connectivity index (χ3v) is 1.70.